The van der Waals surface area contributed by atoms with Gasteiger partial charge in [0.15, 0.2) is 0 Å². The normalized spacial score (nSPS) is 24.0. The topological polar surface area (TPSA) is 15.3 Å². The molecule has 0 radical (unpaired) electrons. The van der Waals surface area contributed by atoms with Crippen molar-refractivity contribution in [2.24, 2.45) is 17.8 Å². The minimum Gasteiger partial charge on any atom is -0.315 e. The Bertz CT molecular complexity index is 207. The average Bonchev–Trinajstić information content (AvgIpc) is 3.20. The highest BCUT2D eigenvalue weighted by Crippen LogP contribution is 2.33. The molecule has 2 saturated carbocycles. The highest BCUT2D eigenvalue weighted by atomic mass is 15.2. The van der Waals surface area contributed by atoms with Crippen molar-refractivity contribution < 1.29 is 0 Å². The maximum absolute atomic E-state index is 3.53. The summed E-state index contributed by atoms with van der Waals surface area (Å²) in [4.78, 5) is 2.75. The molecule has 100 valence electrons. The van der Waals surface area contributed by atoms with Gasteiger partial charge in [0.25, 0.3) is 0 Å². The van der Waals surface area contributed by atoms with E-state index >= 15 is 0 Å². The van der Waals surface area contributed by atoms with Crippen LogP contribution in [0.4, 0.5) is 0 Å². The van der Waals surface area contributed by atoms with Gasteiger partial charge in [-0.15, -0.1) is 0 Å². The molecule has 2 nitrogen and oxygen atoms in total. The molecule has 0 amide bonds. The van der Waals surface area contributed by atoms with E-state index < -0.39 is 0 Å². The molecule has 0 saturated heterocycles. The fourth-order valence-corrected chi connectivity index (χ4v) is 2.67. The Morgan fingerprint density at radius 3 is 2.00 bits per heavy atom. The Labute approximate surface area is 107 Å². The zero-order valence-electron chi connectivity index (χ0n) is 11.9. The third-order valence-corrected chi connectivity index (χ3v) is 4.58. The van der Waals surface area contributed by atoms with E-state index in [4.69, 9.17) is 0 Å². The van der Waals surface area contributed by atoms with Gasteiger partial charge in [0.1, 0.15) is 0 Å². The highest BCUT2D eigenvalue weighted by Gasteiger charge is 2.30. The molecule has 0 spiro atoms. The number of hydrogen-bond acceptors (Lipinski definition) is 2. The highest BCUT2D eigenvalue weighted by molar-refractivity contribution is 4.85. The SMILES string of the molecule is CCC(C)C(CN(CC1CC1)CC1CC1)NC. The second-order valence-electron chi connectivity index (χ2n) is 6.39. The van der Waals surface area contributed by atoms with Gasteiger partial charge < -0.3 is 10.2 Å². The third-order valence-electron chi connectivity index (χ3n) is 4.58. The van der Waals surface area contributed by atoms with E-state index in [1.165, 1.54) is 51.7 Å². The van der Waals surface area contributed by atoms with Crippen molar-refractivity contribution in [1.82, 2.24) is 10.2 Å². The summed E-state index contributed by atoms with van der Waals surface area (Å²) < 4.78 is 0. The smallest absolute Gasteiger partial charge is 0.0217 e. The monoisotopic (exact) mass is 238 g/mol. The molecular weight excluding hydrogens is 208 g/mol. The van der Waals surface area contributed by atoms with E-state index in [0.29, 0.717) is 6.04 Å². The molecule has 2 unspecified atom stereocenters. The maximum atomic E-state index is 3.53. The second kappa shape index (κ2) is 6.19. The predicted octanol–water partition coefficient (Wildman–Crippen LogP) is 2.74. The van der Waals surface area contributed by atoms with Crippen LogP contribution < -0.4 is 5.32 Å². The lowest BCUT2D eigenvalue weighted by Crippen LogP contribution is -2.44. The standard InChI is InChI=1S/C15H30N2/c1-4-12(2)15(16-3)11-17(9-13-5-6-13)10-14-7-8-14/h12-16H,4-11H2,1-3H3. The summed E-state index contributed by atoms with van der Waals surface area (Å²) in [5, 5.41) is 3.53. The van der Waals surface area contributed by atoms with Crippen LogP contribution in [-0.2, 0) is 0 Å². The number of nitrogens with zero attached hydrogens (tertiary/aromatic N) is 1. The minimum absolute atomic E-state index is 0.678. The molecule has 1 N–H and O–H groups in total. The molecule has 0 aliphatic heterocycles. The van der Waals surface area contributed by atoms with Gasteiger partial charge in [-0.3, -0.25) is 0 Å². The predicted molar refractivity (Wildman–Crippen MR) is 74.2 cm³/mol. The van der Waals surface area contributed by atoms with Gasteiger partial charge in [0, 0.05) is 25.7 Å². The Morgan fingerprint density at radius 2 is 1.65 bits per heavy atom. The summed E-state index contributed by atoms with van der Waals surface area (Å²) >= 11 is 0. The summed E-state index contributed by atoms with van der Waals surface area (Å²) in [6.45, 7) is 8.68. The molecule has 0 aromatic carbocycles. The first-order valence-electron chi connectivity index (χ1n) is 7.62. The molecule has 2 heteroatoms. The Balaban J connectivity index is 1.79. The lowest BCUT2D eigenvalue weighted by molar-refractivity contribution is 0.202. The molecule has 0 aromatic rings. The van der Waals surface area contributed by atoms with Crippen LogP contribution in [0.1, 0.15) is 46.0 Å². The number of likely N-dealkylation sites (N-methyl/N-ethyl adjacent to an activating group) is 1. The van der Waals surface area contributed by atoms with E-state index in [1.807, 2.05) is 0 Å². The van der Waals surface area contributed by atoms with Crippen LogP contribution in [0.5, 0.6) is 0 Å². The van der Waals surface area contributed by atoms with Gasteiger partial charge in [0.05, 0.1) is 0 Å². The van der Waals surface area contributed by atoms with Crippen molar-refractivity contribution >= 4 is 0 Å². The van der Waals surface area contributed by atoms with Crippen molar-refractivity contribution in [1.29, 1.82) is 0 Å². The first kappa shape index (κ1) is 13.4. The second-order valence-corrected chi connectivity index (χ2v) is 6.39. The van der Waals surface area contributed by atoms with Gasteiger partial charge >= 0.3 is 0 Å². The first-order valence-corrected chi connectivity index (χ1v) is 7.62. The van der Waals surface area contributed by atoms with Crippen molar-refractivity contribution in [2.45, 2.75) is 52.0 Å². The van der Waals surface area contributed by atoms with Gasteiger partial charge in [0.2, 0.25) is 0 Å². The Morgan fingerprint density at radius 1 is 1.12 bits per heavy atom. The lowest BCUT2D eigenvalue weighted by Gasteiger charge is -2.30. The molecule has 2 aliphatic carbocycles. The van der Waals surface area contributed by atoms with E-state index in [-0.39, 0.29) is 0 Å². The summed E-state index contributed by atoms with van der Waals surface area (Å²) in [5.41, 5.74) is 0. The lowest BCUT2D eigenvalue weighted by atomic mass is 9.98. The molecule has 0 aromatic heterocycles. The van der Waals surface area contributed by atoms with Crippen LogP contribution in [0.2, 0.25) is 0 Å². The van der Waals surface area contributed by atoms with Crippen LogP contribution in [0.25, 0.3) is 0 Å². The van der Waals surface area contributed by atoms with Crippen LogP contribution in [-0.4, -0.2) is 37.6 Å². The average molecular weight is 238 g/mol. The van der Waals surface area contributed by atoms with Crippen molar-refractivity contribution in [3.8, 4) is 0 Å². The minimum atomic E-state index is 0.678. The van der Waals surface area contributed by atoms with Gasteiger partial charge in [-0.2, -0.15) is 0 Å². The molecule has 0 heterocycles. The zero-order chi connectivity index (χ0) is 12.3. The van der Waals surface area contributed by atoms with E-state index in [9.17, 15) is 0 Å². The fraction of sp³-hybridized carbons (Fsp3) is 1.00. The maximum Gasteiger partial charge on any atom is 0.0217 e. The molecule has 2 rings (SSSR count). The third kappa shape index (κ3) is 4.59. The van der Waals surface area contributed by atoms with Crippen LogP contribution >= 0.6 is 0 Å². The largest absolute Gasteiger partial charge is 0.315 e. The quantitative estimate of drug-likeness (QED) is 0.664. The zero-order valence-corrected chi connectivity index (χ0v) is 11.9. The Kier molecular flexibility index (Phi) is 4.87. The molecule has 2 fully saturated rings. The van der Waals surface area contributed by atoms with E-state index in [1.54, 1.807) is 0 Å². The number of rotatable bonds is 9. The fourth-order valence-electron chi connectivity index (χ4n) is 2.67. The Hall–Kier alpha value is -0.0800. The van der Waals surface area contributed by atoms with Crippen molar-refractivity contribution in [2.75, 3.05) is 26.7 Å². The van der Waals surface area contributed by atoms with Crippen LogP contribution in [0.15, 0.2) is 0 Å². The van der Waals surface area contributed by atoms with Crippen LogP contribution in [0.3, 0.4) is 0 Å². The van der Waals surface area contributed by atoms with Gasteiger partial charge in [-0.25, -0.2) is 0 Å². The van der Waals surface area contributed by atoms with Crippen molar-refractivity contribution in [3.05, 3.63) is 0 Å². The molecule has 17 heavy (non-hydrogen) atoms. The van der Waals surface area contributed by atoms with Crippen LogP contribution in [0, 0.1) is 17.8 Å². The van der Waals surface area contributed by atoms with E-state index in [0.717, 1.165) is 17.8 Å². The van der Waals surface area contributed by atoms with Gasteiger partial charge in [-0.1, -0.05) is 20.3 Å². The summed E-state index contributed by atoms with van der Waals surface area (Å²) in [6, 6.07) is 0.678. The van der Waals surface area contributed by atoms with Crippen molar-refractivity contribution in [3.63, 3.8) is 0 Å². The number of nitrogens with one attached hydrogen (secondary N) is 1. The molecule has 2 aliphatic rings. The van der Waals surface area contributed by atoms with E-state index in [2.05, 4.69) is 31.1 Å². The first-order chi connectivity index (χ1) is 8.22. The molecule has 2 atom stereocenters. The summed E-state index contributed by atoms with van der Waals surface area (Å²) in [6.07, 6.45) is 7.21. The van der Waals surface area contributed by atoms with Gasteiger partial charge in [-0.05, 0) is 50.5 Å². The molecule has 0 bridgehead atoms. The summed E-state index contributed by atoms with van der Waals surface area (Å²) in [5.74, 6) is 2.85. The summed E-state index contributed by atoms with van der Waals surface area (Å²) in [7, 11) is 2.13. The molecular formula is C15H30N2. The number of hydrogen-bond donors (Lipinski definition) is 1.